The summed E-state index contributed by atoms with van der Waals surface area (Å²) in [6.45, 7) is 2.60. The van der Waals surface area contributed by atoms with Crippen LogP contribution < -0.4 is 10.6 Å². The van der Waals surface area contributed by atoms with E-state index in [9.17, 15) is 4.39 Å². The SMILES string of the molecule is Cc1nc(CN(C)c2ccc(C(N)=S)c(F)c2)cs1. The van der Waals surface area contributed by atoms with Crippen molar-refractivity contribution in [1.29, 1.82) is 0 Å². The normalized spacial score (nSPS) is 10.5. The lowest BCUT2D eigenvalue weighted by Crippen LogP contribution is -2.18. The molecule has 0 bridgehead atoms. The third-order valence-corrected chi connectivity index (χ3v) is 3.77. The molecule has 100 valence electrons. The second-order valence-electron chi connectivity index (χ2n) is 4.24. The molecule has 1 aromatic heterocycles. The van der Waals surface area contributed by atoms with Crippen LogP contribution in [0.1, 0.15) is 16.3 Å². The van der Waals surface area contributed by atoms with Crippen LogP contribution in [0.2, 0.25) is 0 Å². The van der Waals surface area contributed by atoms with E-state index in [4.69, 9.17) is 18.0 Å². The van der Waals surface area contributed by atoms with E-state index in [-0.39, 0.29) is 10.6 Å². The minimum Gasteiger partial charge on any atom is -0.389 e. The predicted octanol–water partition coefficient (Wildman–Crippen LogP) is 2.86. The molecule has 0 atom stereocenters. The molecule has 6 heteroatoms. The van der Waals surface area contributed by atoms with Gasteiger partial charge in [0.25, 0.3) is 0 Å². The Morgan fingerprint density at radius 3 is 2.79 bits per heavy atom. The molecule has 0 amide bonds. The van der Waals surface area contributed by atoms with Gasteiger partial charge in [0, 0.05) is 23.7 Å². The fraction of sp³-hybridized carbons (Fsp3) is 0.231. The lowest BCUT2D eigenvalue weighted by Gasteiger charge is -2.18. The summed E-state index contributed by atoms with van der Waals surface area (Å²) in [7, 11) is 1.89. The largest absolute Gasteiger partial charge is 0.389 e. The summed E-state index contributed by atoms with van der Waals surface area (Å²) in [5.74, 6) is -0.397. The topological polar surface area (TPSA) is 42.2 Å². The molecule has 19 heavy (non-hydrogen) atoms. The van der Waals surface area contributed by atoms with E-state index in [2.05, 4.69) is 4.98 Å². The van der Waals surface area contributed by atoms with Crippen molar-refractivity contribution in [2.24, 2.45) is 5.73 Å². The molecule has 0 saturated carbocycles. The van der Waals surface area contributed by atoms with Gasteiger partial charge in [0.05, 0.1) is 17.2 Å². The summed E-state index contributed by atoms with van der Waals surface area (Å²) in [5.41, 5.74) is 7.45. The van der Waals surface area contributed by atoms with Crippen LogP contribution in [0.4, 0.5) is 10.1 Å². The molecule has 0 aliphatic carbocycles. The number of aryl methyl sites for hydroxylation is 1. The van der Waals surface area contributed by atoms with Crippen molar-refractivity contribution in [3.8, 4) is 0 Å². The van der Waals surface area contributed by atoms with Crippen LogP contribution in [0.25, 0.3) is 0 Å². The Kier molecular flexibility index (Phi) is 4.11. The zero-order valence-electron chi connectivity index (χ0n) is 10.7. The molecule has 2 N–H and O–H groups in total. The third-order valence-electron chi connectivity index (χ3n) is 2.72. The molecule has 1 aromatic carbocycles. The van der Waals surface area contributed by atoms with Crippen molar-refractivity contribution in [2.75, 3.05) is 11.9 Å². The number of anilines is 1. The number of thiazole rings is 1. The highest BCUT2D eigenvalue weighted by Gasteiger charge is 2.10. The first kappa shape index (κ1) is 13.9. The Bertz CT molecular complexity index is 610. The van der Waals surface area contributed by atoms with Crippen LogP contribution in [-0.2, 0) is 6.54 Å². The number of halogens is 1. The molecule has 0 aliphatic rings. The molecule has 0 radical (unpaired) electrons. The van der Waals surface area contributed by atoms with Crippen molar-refractivity contribution in [3.63, 3.8) is 0 Å². The second-order valence-corrected chi connectivity index (χ2v) is 5.74. The van der Waals surface area contributed by atoms with E-state index < -0.39 is 5.82 Å². The Balaban J connectivity index is 2.17. The maximum atomic E-state index is 13.8. The van der Waals surface area contributed by atoms with Gasteiger partial charge in [-0.15, -0.1) is 11.3 Å². The number of nitrogens with zero attached hydrogens (tertiary/aromatic N) is 2. The summed E-state index contributed by atoms with van der Waals surface area (Å²) in [4.78, 5) is 6.39. The quantitative estimate of drug-likeness (QED) is 0.881. The average molecular weight is 295 g/mol. The highest BCUT2D eigenvalue weighted by molar-refractivity contribution is 7.80. The molecule has 2 aromatic rings. The Labute approximate surface area is 120 Å². The van der Waals surface area contributed by atoms with Gasteiger partial charge >= 0.3 is 0 Å². The van der Waals surface area contributed by atoms with Gasteiger partial charge in [-0.1, -0.05) is 12.2 Å². The number of rotatable bonds is 4. The standard InChI is InChI=1S/C13H14FN3S2/c1-8-16-9(7-19-8)6-17(2)10-3-4-11(13(15)18)12(14)5-10/h3-5,7H,6H2,1-2H3,(H2,15,18). The lowest BCUT2D eigenvalue weighted by atomic mass is 10.2. The monoisotopic (exact) mass is 295 g/mol. The number of hydrogen-bond acceptors (Lipinski definition) is 4. The summed E-state index contributed by atoms with van der Waals surface area (Å²) >= 11 is 6.39. The van der Waals surface area contributed by atoms with Crippen LogP contribution in [0, 0.1) is 12.7 Å². The molecule has 1 heterocycles. The Morgan fingerprint density at radius 2 is 2.26 bits per heavy atom. The third kappa shape index (κ3) is 3.27. The molecule has 0 aliphatic heterocycles. The molecule has 0 saturated heterocycles. The van der Waals surface area contributed by atoms with Gasteiger partial charge in [-0.3, -0.25) is 0 Å². The van der Waals surface area contributed by atoms with Gasteiger partial charge in [-0.25, -0.2) is 9.37 Å². The zero-order valence-corrected chi connectivity index (χ0v) is 12.3. The first-order chi connectivity index (χ1) is 8.97. The van der Waals surface area contributed by atoms with Crippen LogP contribution in [0.3, 0.4) is 0 Å². The Hall–Kier alpha value is -1.53. The second kappa shape index (κ2) is 5.63. The van der Waals surface area contributed by atoms with Crippen LogP contribution in [0.15, 0.2) is 23.6 Å². The van der Waals surface area contributed by atoms with Gasteiger partial charge in [0.2, 0.25) is 0 Å². The van der Waals surface area contributed by atoms with Crippen LogP contribution in [-0.4, -0.2) is 17.0 Å². The lowest BCUT2D eigenvalue weighted by molar-refractivity contribution is 0.624. The van der Waals surface area contributed by atoms with Crippen molar-refractivity contribution in [1.82, 2.24) is 4.98 Å². The summed E-state index contributed by atoms with van der Waals surface area (Å²) in [6, 6.07) is 4.85. The zero-order chi connectivity index (χ0) is 14.0. The molecule has 0 unspecified atom stereocenters. The number of benzene rings is 1. The molecule has 0 spiro atoms. The van der Waals surface area contributed by atoms with Gasteiger partial charge in [-0.05, 0) is 25.1 Å². The maximum Gasteiger partial charge on any atom is 0.135 e. The van der Waals surface area contributed by atoms with Crippen molar-refractivity contribution in [2.45, 2.75) is 13.5 Å². The van der Waals surface area contributed by atoms with Crippen LogP contribution in [0.5, 0.6) is 0 Å². The number of thiocarbonyl (C=S) groups is 1. The molecule has 2 rings (SSSR count). The minimum atomic E-state index is -0.397. The van der Waals surface area contributed by atoms with Crippen molar-refractivity contribution >= 4 is 34.2 Å². The smallest absolute Gasteiger partial charge is 0.135 e. The van der Waals surface area contributed by atoms with E-state index >= 15 is 0 Å². The fourth-order valence-electron chi connectivity index (χ4n) is 1.76. The Morgan fingerprint density at radius 1 is 1.53 bits per heavy atom. The maximum absolute atomic E-state index is 13.8. The van der Waals surface area contributed by atoms with Crippen molar-refractivity contribution in [3.05, 3.63) is 45.7 Å². The minimum absolute atomic E-state index is 0.0711. The van der Waals surface area contributed by atoms with E-state index in [0.29, 0.717) is 6.54 Å². The summed E-state index contributed by atoms with van der Waals surface area (Å²) in [5, 5.41) is 3.03. The fourth-order valence-corrected chi connectivity index (χ4v) is 2.53. The van der Waals surface area contributed by atoms with Gasteiger partial charge in [0.15, 0.2) is 0 Å². The first-order valence-corrected chi connectivity index (χ1v) is 6.97. The van der Waals surface area contributed by atoms with E-state index in [0.717, 1.165) is 16.4 Å². The summed E-state index contributed by atoms with van der Waals surface area (Å²) < 4.78 is 13.8. The average Bonchev–Trinajstić information content (AvgIpc) is 2.74. The van der Waals surface area contributed by atoms with Crippen LogP contribution >= 0.6 is 23.6 Å². The molecular weight excluding hydrogens is 281 g/mol. The van der Waals surface area contributed by atoms with Gasteiger partial charge in [-0.2, -0.15) is 0 Å². The number of nitrogens with two attached hydrogens (primary N) is 1. The molecule has 3 nitrogen and oxygen atoms in total. The number of hydrogen-bond donors (Lipinski definition) is 1. The highest BCUT2D eigenvalue weighted by atomic mass is 32.1. The van der Waals surface area contributed by atoms with E-state index in [1.165, 1.54) is 6.07 Å². The first-order valence-electron chi connectivity index (χ1n) is 5.69. The van der Waals surface area contributed by atoms with Gasteiger partial charge in [0.1, 0.15) is 10.8 Å². The van der Waals surface area contributed by atoms with Gasteiger partial charge < -0.3 is 10.6 Å². The number of aromatic nitrogens is 1. The molecule has 0 fully saturated rings. The van der Waals surface area contributed by atoms with E-state index in [1.807, 2.05) is 24.3 Å². The predicted molar refractivity (Wildman–Crippen MR) is 81.2 cm³/mol. The summed E-state index contributed by atoms with van der Waals surface area (Å²) in [6.07, 6.45) is 0. The van der Waals surface area contributed by atoms with E-state index in [1.54, 1.807) is 23.5 Å². The van der Waals surface area contributed by atoms with Crippen molar-refractivity contribution < 1.29 is 4.39 Å². The molecular formula is C13H14FN3S2. The highest BCUT2D eigenvalue weighted by Crippen LogP contribution is 2.20.